The quantitative estimate of drug-likeness (QED) is 0.806. The van der Waals surface area contributed by atoms with Gasteiger partial charge in [-0.25, -0.2) is 4.79 Å². The summed E-state index contributed by atoms with van der Waals surface area (Å²) >= 11 is 5.81. The number of hydrogen-bond acceptors (Lipinski definition) is 3. The van der Waals surface area contributed by atoms with E-state index in [-0.39, 0.29) is 18.4 Å². The normalized spacial score (nSPS) is 24.3. The summed E-state index contributed by atoms with van der Waals surface area (Å²) in [6, 6.07) is 6.15. The molecule has 134 valence electrons. The highest BCUT2D eigenvalue weighted by Gasteiger charge is 2.52. The Morgan fingerprint density at radius 1 is 1.24 bits per heavy atom. The Kier molecular flexibility index (Phi) is 4.99. The lowest BCUT2D eigenvalue weighted by atomic mass is 9.75. The molecule has 1 saturated heterocycles. The van der Waals surface area contributed by atoms with Gasteiger partial charge in [-0.2, -0.15) is 0 Å². The molecule has 2 aliphatic rings. The van der Waals surface area contributed by atoms with Gasteiger partial charge in [-0.3, -0.25) is 14.5 Å². The number of benzene rings is 1. The summed E-state index contributed by atoms with van der Waals surface area (Å²) in [6.07, 6.45) is 5.16. The van der Waals surface area contributed by atoms with Crippen LogP contribution in [0.4, 0.5) is 10.5 Å². The number of anilines is 1. The fraction of sp³-hybridized carbons (Fsp3) is 0.500. The van der Waals surface area contributed by atoms with Gasteiger partial charge in [-0.15, -0.1) is 0 Å². The van der Waals surface area contributed by atoms with E-state index < -0.39 is 17.5 Å². The third kappa shape index (κ3) is 3.63. The minimum absolute atomic E-state index is 0.127. The third-order valence-electron chi connectivity index (χ3n) is 5.15. The molecule has 2 fully saturated rings. The van der Waals surface area contributed by atoms with Crippen molar-refractivity contribution in [3.8, 4) is 0 Å². The molecular weight excluding hydrogens is 342 g/mol. The smallest absolute Gasteiger partial charge is 0.325 e. The molecule has 6 nitrogen and oxygen atoms in total. The van der Waals surface area contributed by atoms with Gasteiger partial charge in [0.25, 0.3) is 5.91 Å². The maximum atomic E-state index is 12.8. The van der Waals surface area contributed by atoms with E-state index in [1.807, 2.05) is 0 Å². The first-order chi connectivity index (χ1) is 11.9. The maximum Gasteiger partial charge on any atom is 0.325 e. The Labute approximate surface area is 151 Å². The summed E-state index contributed by atoms with van der Waals surface area (Å²) in [5.41, 5.74) is -0.339. The largest absolute Gasteiger partial charge is 0.325 e. The Morgan fingerprint density at radius 3 is 2.52 bits per heavy atom. The predicted molar refractivity (Wildman–Crippen MR) is 95.3 cm³/mol. The number of amides is 4. The molecule has 1 aliphatic carbocycles. The van der Waals surface area contributed by atoms with E-state index in [9.17, 15) is 14.4 Å². The molecule has 1 unspecified atom stereocenters. The molecule has 1 aliphatic heterocycles. The van der Waals surface area contributed by atoms with Crippen molar-refractivity contribution in [2.24, 2.45) is 5.92 Å². The average Bonchev–Trinajstić information content (AvgIpc) is 2.82. The zero-order valence-corrected chi connectivity index (χ0v) is 14.9. The van der Waals surface area contributed by atoms with E-state index in [1.165, 1.54) is 6.42 Å². The van der Waals surface area contributed by atoms with Gasteiger partial charge in [0.15, 0.2) is 0 Å². The minimum Gasteiger partial charge on any atom is -0.325 e. The number of halogens is 1. The highest BCUT2D eigenvalue weighted by molar-refractivity contribution is 6.30. The molecule has 1 aromatic carbocycles. The molecule has 1 atom stereocenters. The van der Waals surface area contributed by atoms with E-state index in [0.29, 0.717) is 10.7 Å². The van der Waals surface area contributed by atoms with Crippen molar-refractivity contribution < 1.29 is 14.4 Å². The third-order valence-corrected chi connectivity index (χ3v) is 5.40. The second kappa shape index (κ2) is 7.04. The van der Waals surface area contributed by atoms with E-state index in [2.05, 4.69) is 10.6 Å². The first-order valence-corrected chi connectivity index (χ1v) is 8.97. The summed E-state index contributed by atoms with van der Waals surface area (Å²) in [5.74, 6) is -0.601. The van der Waals surface area contributed by atoms with Gasteiger partial charge in [0, 0.05) is 10.7 Å². The minimum atomic E-state index is -0.905. The van der Waals surface area contributed by atoms with Crippen LogP contribution in [0, 0.1) is 5.92 Å². The molecule has 0 aromatic heterocycles. The van der Waals surface area contributed by atoms with Crippen LogP contribution in [-0.4, -0.2) is 34.8 Å². The Balaban J connectivity index is 1.65. The first kappa shape index (κ1) is 17.7. The van der Waals surface area contributed by atoms with Crippen LogP contribution < -0.4 is 10.6 Å². The Morgan fingerprint density at radius 2 is 1.88 bits per heavy atom. The van der Waals surface area contributed by atoms with Crippen LogP contribution in [0.2, 0.25) is 5.02 Å². The fourth-order valence-electron chi connectivity index (χ4n) is 3.69. The number of imide groups is 1. The van der Waals surface area contributed by atoms with Crippen LogP contribution >= 0.6 is 11.6 Å². The highest BCUT2D eigenvalue weighted by Crippen LogP contribution is 2.36. The molecule has 25 heavy (non-hydrogen) atoms. The number of nitrogens with one attached hydrogen (secondary N) is 2. The molecule has 1 saturated carbocycles. The average molecular weight is 364 g/mol. The number of carbonyl (C=O) groups excluding carboxylic acids is 3. The van der Waals surface area contributed by atoms with Crippen molar-refractivity contribution in [2.75, 3.05) is 11.9 Å². The molecule has 0 spiro atoms. The SMILES string of the molecule is CC1(C2CCCCC2)NC(=O)N(CC(=O)Nc2ccc(Cl)cc2)C1=O. The lowest BCUT2D eigenvalue weighted by Crippen LogP contribution is -2.51. The van der Waals surface area contributed by atoms with Gasteiger partial charge in [0.1, 0.15) is 12.1 Å². The van der Waals surface area contributed by atoms with Crippen LogP contribution in [0.25, 0.3) is 0 Å². The molecule has 7 heteroatoms. The summed E-state index contributed by atoms with van der Waals surface area (Å²) in [7, 11) is 0. The van der Waals surface area contributed by atoms with E-state index in [0.717, 1.165) is 30.6 Å². The number of urea groups is 1. The molecule has 0 radical (unpaired) electrons. The van der Waals surface area contributed by atoms with E-state index >= 15 is 0 Å². The number of rotatable bonds is 4. The lowest BCUT2D eigenvalue weighted by molar-refractivity contribution is -0.135. The molecule has 1 aromatic rings. The monoisotopic (exact) mass is 363 g/mol. The van der Waals surface area contributed by atoms with Crippen LogP contribution in [0.3, 0.4) is 0 Å². The van der Waals surface area contributed by atoms with Crippen LogP contribution in [0.5, 0.6) is 0 Å². The zero-order chi connectivity index (χ0) is 18.0. The molecule has 4 amide bonds. The standard InChI is InChI=1S/C18H22ClN3O3/c1-18(12-5-3-2-4-6-12)16(24)22(17(25)21-18)11-15(23)20-14-9-7-13(19)8-10-14/h7-10,12H,2-6,11H2,1H3,(H,20,23)(H,21,25). The molecule has 0 bridgehead atoms. The van der Waals surface area contributed by atoms with Crippen molar-refractivity contribution >= 4 is 35.1 Å². The zero-order valence-electron chi connectivity index (χ0n) is 14.2. The second-order valence-electron chi connectivity index (χ2n) is 6.91. The Bertz CT molecular complexity index is 685. The number of carbonyl (C=O) groups is 3. The van der Waals surface area contributed by atoms with Crippen molar-refractivity contribution in [3.05, 3.63) is 29.3 Å². The number of nitrogens with zero attached hydrogens (tertiary/aromatic N) is 1. The van der Waals surface area contributed by atoms with Gasteiger partial charge < -0.3 is 10.6 Å². The van der Waals surface area contributed by atoms with Crippen LogP contribution in [-0.2, 0) is 9.59 Å². The van der Waals surface area contributed by atoms with Gasteiger partial charge in [0.05, 0.1) is 0 Å². The molecule has 3 rings (SSSR count). The highest BCUT2D eigenvalue weighted by atomic mass is 35.5. The Hall–Kier alpha value is -2.08. The van der Waals surface area contributed by atoms with Gasteiger partial charge in [-0.1, -0.05) is 30.9 Å². The molecular formula is C18H22ClN3O3. The van der Waals surface area contributed by atoms with Crippen molar-refractivity contribution in [3.63, 3.8) is 0 Å². The maximum absolute atomic E-state index is 12.8. The van der Waals surface area contributed by atoms with Crippen molar-refractivity contribution in [1.29, 1.82) is 0 Å². The topological polar surface area (TPSA) is 78.5 Å². The second-order valence-corrected chi connectivity index (χ2v) is 7.35. The van der Waals surface area contributed by atoms with E-state index in [1.54, 1.807) is 31.2 Å². The summed E-state index contributed by atoms with van der Waals surface area (Å²) in [4.78, 5) is 38.3. The van der Waals surface area contributed by atoms with Gasteiger partial charge >= 0.3 is 6.03 Å². The van der Waals surface area contributed by atoms with Gasteiger partial charge in [-0.05, 0) is 49.9 Å². The summed E-state index contributed by atoms with van der Waals surface area (Å²) in [6.45, 7) is 1.48. The number of hydrogen-bond donors (Lipinski definition) is 2. The van der Waals surface area contributed by atoms with E-state index in [4.69, 9.17) is 11.6 Å². The van der Waals surface area contributed by atoms with Gasteiger partial charge in [0.2, 0.25) is 5.91 Å². The van der Waals surface area contributed by atoms with Crippen LogP contribution in [0.15, 0.2) is 24.3 Å². The first-order valence-electron chi connectivity index (χ1n) is 8.59. The fourth-order valence-corrected chi connectivity index (χ4v) is 3.82. The lowest BCUT2D eigenvalue weighted by Gasteiger charge is -2.34. The van der Waals surface area contributed by atoms with Crippen molar-refractivity contribution in [2.45, 2.75) is 44.6 Å². The summed E-state index contributed by atoms with van der Waals surface area (Å²) < 4.78 is 0. The molecule has 1 heterocycles. The molecule has 2 N–H and O–H groups in total. The van der Waals surface area contributed by atoms with Crippen molar-refractivity contribution in [1.82, 2.24) is 10.2 Å². The summed E-state index contributed by atoms with van der Waals surface area (Å²) in [5, 5.41) is 6.05. The van der Waals surface area contributed by atoms with Crippen LogP contribution in [0.1, 0.15) is 39.0 Å². The predicted octanol–water partition coefficient (Wildman–Crippen LogP) is 3.17.